The first kappa shape index (κ1) is 40.2. The maximum absolute atomic E-state index is 2.52. The zero-order chi connectivity index (χ0) is 47.0. The van der Waals surface area contributed by atoms with Crippen LogP contribution in [-0.2, 0) is 11.8 Å². The molecule has 15 rings (SSSR count). The summed E-state index contributed by atoms with van der Waals surface area (Å²) in [4.78, 5) is 0. The van der Waals surface area contributed by atoms with Gasteiger partial charge >= 0.3 is 0 Å². The molecule has 0 spiro atoms. The van der Waals surface area contributed by atoms with Crippen LogP contribution in [0.25, 0.3) is 127 Å². The summed E-state index contributed by atoms with van der Waals surface area (Å²) in [5.74, 6) is 0. The van der Waals surface area contributed by atoms with Crippen LogP contribution in [-0.4, -0.2) is 9.13 Å². The van der Waals surface area contributed by atoms with Crippen molar-refractivity contribution in [3.05, 3.63) is 247 Å². The molecule has 0 saturated heterocycles. The van der Waals surface area contributed by atoms with Crippen molar-refractivity contribution in [2.75, 3.05) is 0 Å². The van der Waals surface area contributed by atoms with Gasteiger partial charge in [-0.3, -0.25) is 0 Å². The third-order valence-electron chi connectivity index (χ3n) is 16.2. The molecule has 2 aliphatic carbocycles. The lowest BCUT2D eigenvalue weighted by molar-refractivity contribution is 0.660. The molecule has 0 unspecified atom stereocenters. The largest absolute Gasteiger partial charge is 0.309 e. The van der Waals surface area contributed by atoms with Gasteiger partial charge in [-0.1, -0.05) is 184 Å². The number of hydrogen-bond donors (Lipinski definition) is 0. The van der Waals surface area contributed by atoms with E-state index in [0.717, 1.165) is 24.2 Å². The van der Waals surface area contributed by atoms with E-state index >= 15 is 0 Å². The van der Waals surface area contributed by atoms with Gasteiger partial charge in [-0.2, -0.15) is 0 Å². The molecule has 334 valence electrons. The molecule has 0 aliphatic heterocycles. The smallest absolute Gasteiger partial charge is 0.0541 e. The fraction of sp³-hybridized carbons (Fsp3) is 0.0725. The minimum atomic E-state index is -0.155. The number of para-hydroxylation sites is 4. The second-order valence-electron chi connectivity index (χ2n) is 20.3. The molecule has 71 heavy (non-hydrogen) atoms. The molecule has 2 heterocycles. The van der Waals surface area contributed by atoms with Crippen molar-refractivity contribution >= 4 is 71.2 Å². The summed E-state index contributed by atoms with van der Waals surface area (Å²) in [6.07, 6.45) is 6.83. The van der Waals surface area contributed by atoms with Crippen LogP contribution in [0.3, 0.4) is 0 Å². The molecule has 2 aromatic heterocycles. The average Bonchev–Trinajstić information content (AvgIpc) is 4.02. The molecule has 0 atom stereocenters. The van der Waals surface area contributed by atoms with Gasteiger partial charge in [0.2, 0.25) is 0 Å². The van der Waals surface area contributed by atoms with Gasteiger partial charge in [0.25, 0.3) is 0 Å². The topological polar surface area (TPSA) is 9.86 Å². The van der Waals surface area contributed by atoms with Gasteiger partial charge in [-0.05, 0) is 162 Å². The van der Waals surface area contributed by atoms with Crippen molar-refractivity contribution in [2.24, 2.45) is 0 Å². The zero-order valence-electron chi connectivity index (χ0n) is 39.7. The summed E-state index contributed by atoms with van der Waals surface area (Å²) in [5.41, 5.74) is 22.6. The third-order valence-corrected chi connectivity index (χ3v) is 16.2. The van der Waals surface area contributed by atoms with E-state index in [1.165, 1.54) is 132 Å². The number of benzene rings is 11. The highest BCUT2D eigenvalue weighted by molar-refractivity contribution is 6.23. The maximum Gasteiger partial charge on any atom is 0.0541 e. The number of allylic oxidation sites excluding steroid dienone is 1. The number of fused-ring (bicyclic) bond motifs is 12. The van der Waals surface area contributed by atoms with E-state index in [9.17, 15) is 0 Å². The number of nitrogens with zero attached hydrogens (tertiary/aromatic N) is 2. The van der Waals surface area contributed by atoms with Crippen molar-refractivity contribution in [1.82, 2.24) is 9.13 Å². The lowest BCUT2D eigenvalue weighted by atomic mass is 9.80. The molecule has 0 bridgehead atoms. The Morgan fingerprint density at radius 1 is 0.352 bits per heavy atom. The number of rotatable bonds is 5. The standard InChI is InChI=1S/C69H48N2/c1-69(2)61-28-10-5-22-51(61)52-36-33-46(40-62(52)69)68-58-38-35-47(70-63-29-11-6-23-53(63)54-24-7-12-30-64(54)70)41-59(58)67(45-20-15-19-44(39-45)50-27-16-18-43-17-3-4-21-49(43)50)57-37-34-48(42-60(57)68)71-65-31-13-8-25-55(65)56-26-9-14-32-66(56)71/h4-16,18-42H,3,17H2,1-2H3. The van der Waals surface area contributed by atoms with Gasteiger partial charge in [-0.25, -0.2) is 0 Å². The molecule has 0 amide bonds. The molecular formula is C69H48N2. The number of aryl methyl sites for hydroxylation is 1. The van der Waals surface area contributed by atoms with E-state index < -0.39 is 0 Å². The third kappa shape index (κ3) is 5.82. The summed E-state index contributed by atoms with van der Waals surface area (Å²) in [6.45, 7) is 4.79. The minimum Gasteiger partial charge on any atom is -0.309 e. The van der Waals surface area contributed by atoms with Crippen LogP contribution in [0.1, 0.15) is 42.5 Å². The second-order valence-corrected chi connectivity index (χ2v) is 20.3. The maximum atomic E-state index is 2.52. The Bertz CT molecular complexity index is 4330. The summed E-state index contributed by atoms with van der Waals surface area (Å²) < 4.78 is 4.94. The zero-order valence-corrected chi connectivity index (χ0v) is 39.7. The van der Waals surface area contributed by atoms with Gasteiger partial charge in [0, 0.05) is 38.3 Å². The van der Waals surface area contributed by atoms with Crippen LogP contribution in [0.2, 0.25) is 0 Å². The SMILES string of the molecule is CC1(C)c2ccccc2-c2ccc(-c3c4ccc(-n5c6ccccc6c6ccccc65)cc4c(-c4cccc(-c5cccc6c5C=CCC6)c4)c4ccc(-n5c6ccccc6c6ccccc65)cc34)cc21. The Morgan fingerprint density at radius 2 is 0.845 bits per heavy atom. The molecule has 13 aromatic rings. The second kappa shape index (κ2) is 15.1. The molecule has 2 nitrogen and oxygen atoms in total. The van der Waals surface area contributed by atoms with E-state index in [2.05, 4.69) is 254 Å². The normalized spacial score (nSPS) is 13.7. The fourth-order valence-corrected chi connectivity index (χ4v) is 12.9. The summed E-state index contributed by atoms with van der Waals surface area (Å²) in [6, 6.07) is 82.5. The van der Waals surface area contributed by atoms with E-state index in [0.29, 0.717) is 0 Å². The number of hydrogen-bond acceptors (Lipinski definition) is 0. The Morgan fingerprint density at radius 3 is 1.45 bits per heavy atom. The molecule has 2 aliphatic rings. The van der Waals surface area contributed by atoms with E-state index in [-0.39, 0.29) is 5.41 Å². The Balaban J connectivity index is 1.08. The van der Waals surface area contributed by atoms with Gasteiger partial charge in [0.1, 0.15) is 0 Å². The predicted molar refractivity (Wildman–Crippen MR) is 301 cm³/mol. The molecule has 0 N–H and O–H groups in total. The van der Waals surface area contributed by atoms with Crippen LogP contribution in [0.4, 0.5) is 0 Å². The molecule has 0 radical (unpaired) electrons. The quantitative estimate of drug-likeness (QED) is 0.152. The summed E-state index contributed by atoms with van der Waals surface area (Å²) >= 11 is 0. The molecular weight excluding hydrogens is 857 g/mol. The highest BCUT2D eigenvalue weighted by Gasteiger charge is 2.35. The van der Waals surface area contributed by atoms with Crippen LogP contribution in [0.5, 0.6) is 0 Å². The minimum absolute atomic E-state index is 0.155. The first-order valence-electron chi connectivity index (χ1n) is 25.1. The first-order valence-corrected chi connectivity index (χ1v) is 25.1. The van der Waals surface area contributed by atoms with Gasteiger partial charge in [-0.15, -0.1) is 0 Å². The van der Waals surface area contributed by atoms with Crippen molar-refractivity contribution in [3.63, 3.8) is 0 Å². The monoisotopic (exact) mass is 904 g/mol. The lowest BCUT2D eigenvalue weighted by Crippen LogP contribution is -2.14. The molecule has 2 heteroatoms. The van der Waals surface area contributed by atoms with E-state index in [1.807, 2.05) is 0 Å². The molecule has 0 fully saturated rings. The lowest BCUT2D eigenvalue weighted by Gasteiger charge is -2.24. The van der Waals surface area contributed by atoms with Crippen LogP contribution in [0.15, 0.2) is 224 Å². The summed E-state index contributed by atoms with van der Waals surface area (Å²) in [7, 11) is 0. The average molecular weight is 905 g/mol. The van der Waals surface area contributed by atoms with Crippen molar-refractivity contribution in [1.29, 1.82) is 0 Å². The van der Waals surface area contributed by atoms with Crippen molar-refractivity contribution in [3.8, 4) is 55.9 Å². The van der Waals surface area contributed by atoms with Gasteiger partial charge in [0.05, 0.1) is 22.1 Å². The first-order chi connectivity index (χ1) is 35.0. The van der Waals surface area contributed by atoms with E-state index in [1.54, 1.807) is 0 Å². The van der Waals surface area contributed by atoms with Crippen LogP contribution < -0.4 is 0 Å². The highest BCUT2D eigenvalue weighted by Crippen LogP contribution is 2.52. The van der Waals surface area contributed by atoms with Crippen molar-refractivity contribution in [2.45, 2.75) is 32.1 Å². The Labute approximate surface area is 413 Å². The summed E-state index contributed by atoms with van der Waals surface area (Å²) in [5, 5.41) is 9.96. The highest BCUT2D eigenvalue weighted by atomic mass is 15.0. The van der Waals surface area contributed by atoms with E-state index in [4.69, 9.17) is 0 Å². The van der Waals surface area contributed by atoms with Crippen molar-refractivity contribution < 1.29 is 0 Å². The fourth-order valence-electron chi connectivity index (χ4n) is 12.9. The Hall–Kier alpha value is -8.72. The Kier molecular flexibility index (Phi) is 8.57. The van der Waals surface area contributed by atoms with Crippen LogP contribution in [0, 0.1) is 0 Å². The number of aromatic nitrogens is 2. The van der Waals surface area contributed by atoms with Gasteiger partial charge in [0.15, 0.2) is 0 Å². The predicted octanol–water partition coefficient (Wildman–Crippen LogP) is 18.5. The molecule has 11 aromatic carbocycles. The van der Waals surface area contributed by atoms with Gasteiger partial charge < -0.3 is 9.13 Å². The van der Waals surface area contributed by atoms with Crippen LogP contribution >= 0.6 is 0 Å². The molecule has 0 saturated carbocycles.